The summed E-state index contributed by atoms with van der Waals surface area (Å²) in [5, 5.41) is 5.92. The molecule has 0 aliphatic rings. The Bertz CT molecular complexity index is 616. The van der Waals surface area contributed by atoms with Crippen molar-refractivity contribution < 1.29 is 4.79 Å². The van der Waals surface area contributed by atoms with E-state index in [1.165, 1.54) is 0 Å². The summed E-state index contributed by atoms with van der Waals surface area (Å²) in [6, 6.07) is 9.87. The van der Waals surface area contributed by atoms with Crippen LogP contribution in [0.1, 0.15) is 37.0 Å². The van der Waals surface area contributed by atoms with Gasteiger partial charge in [-0.3, -0.25) is 0 Å². The van der Waals surface area contributed by atoms with Crippen molar-refractivity contribution in [3.63, 3.8) is 0 Å². The molecular weight excluding hydrogens is 294 g/mol. The first kappa shape index (κ1) is 16.5. The second kappa shape index (κ2) is 6.92. The molecule has 2 amide bonds. The molecule has 0 radical (unpaired) electrons. The highest BCUT2D eigenvalue weighted by Crippen LogP contribution is 2.23. The standard InChI is InChI=1S/C17H23N3OS/c1-17(2,3)14-12-22-15(19-14)10-18-16(21)20(4)11-13-8-6-5-7-9-13/h5-9,12H,10-11H2,1-4H3,(H,18,21). The molecule has 5 heteroatoms. The molecule has 1 aromatic carbocycles. The van der Waals surface area contributed by atoms with Crippen LogP contribution in [-0.2, 0) is 18.5 Å². The maximum atomic E-state index is 12.1. The number of hydrogen-bond acceptors (Lipinski definition) is 3. The summed E-state index contributed by atoms with van der Waals surface area (Å²) in [4.78, 5) is 18.4. The molecule has 4 nitrogen and oxygen atoms in total. The van der Waals surface area contributed by atoms with Crippen LogP contribution in [0, 0.1) is 0 Å². The summed E-state index contributed by atoms with van der Waals surface area (Å²) in [5.74, 6) is 0. The molecule has 0 saturated heterocycles. The van der Waals surface area contributed by atoms with Crippen molar-refractivity contribution in [2.45, 2.75) is 39.3 Å². The minimum atomic E-state index is -0.0867. The van der Waals surface area contributed by atoms with Gasteiger partial charge in [-0.05, 0) is 5.56 Å². The van der Waals surface area contributed by atoms with E-state index in [0.717, 1.165) is 16.3 Å². The van der Waals surface area contributed by atoms with Crippen molar-refractivity contribution in [3.05, 3.63) is 52.0 Å². The van der Waals surface area contributed by atoms with Crippen LogP contribution in [0.2, 0.25) is 0 Å². The Morgan fingerprint density at radius 1 is 1.27 bits per heavy atom. The fraction of sp³-hybridized carbons (Fsp3) is 0.412. The Labute approximate surface area is 136 Å². The molecule has 0 aliphatic carbocycles. The van der Waals surface area contributed by atoms with E-state index >= 15 is 0 Å². The molecule has 0 bridgehead atoms. The minimum Gasteiger partial charge on any atom is -0.331 e. The van der Waals surface area contributed by atoms with Gasteiger partial charge in [0.2, 0.25) is 0 Å². The van der Waals surface area contributed by atoms with Crippen molar-refractivity contribution >= 4 is 17.4 Å². The van der Waals surface area contributed by atoms with Gasteiger partial charge in [0, 0.05) is 24.4 Å². The fourth-order valence-electron chi connectivity index (χ4n) is 1.95. The molecule has 0 atom stereocenters. The van der Waals surface area contributed by atoms with Crippen LogP contribution < -0.4 is 5.32 Å². The number of nitrogens with zero attached hydrogens (tertiary/aromatic N) is 2. The van der Waals surface area contributed by atoms with Gasteiger partial charge in [0.1, 0.15) is 5.01 Å². The number of urea groups is 1. The Kier molecular flexibility index (Phi) is 5.19. The zero-order chi connectivity index (χ0) is 16.2. The van der Waals surface area contributed by atoms with Gasteiger partial charge in [-0.25, -0.2) is 9.78 Å². The second-order valence-electron chi connectivity index (χ2n) is 6.38. The van der Waals surface area contributed by atoms with Gasteiger partial charge in [-0.15, -0.1) is 11.3 Å². The molecule has 1 aromatic heterocycles. The first-order valence-electron chi connectivity index (χ1n) is 7.34. The molecule has 0 spiro atoms. The lowest BCUT2D eigenvalue weighted by molar-refractivity contribution is 0.206. The largest absolute Gasteiger partial charge is 0.331 e. The number of rotatable bonds is 4. The number of benzene rings is 1. The molecule has 2 aromatic rings. The Balaban J connectivity index is 1.86. The smallest absolute Gasteiger partial charge is 0.317 e. The van der Waals surface area contributed by atoms with Crippen LogP contribution in [0.5, 0.6) is 0 Å². The van der Waals surface area contributed by atoms with Gasteiger partial charge in [0.25, 0.3) is 0 Å². The molecule has 118 valence electrons. The van der Waals surface area contributed by atoms with Crippen LogP contribution in [0.3, 0.4) is 0 Å². The van der Waals surface area contributed by atoms with Crippen molar-refractivity contribution in [3.8, 4) is 0 Å². The average Bonchev–Trinajstić information content (AvgIpc) is 2.94. The summed E-state index contributed by atoms with van der Waals surface area (Å²) in [6.07, 6.45) is 0. The Morgan fingerprint density at radius 2 is 1.95 bits per heavy atom. The predicted molar refractivity (Wildman–Crippen MR) is 91.0 cm³/mol. The molecule has 1 N–H and O–H groups in total. The van der Waals surface area contributed by atoms with E-state index in [0.29, 0.717) is 13.1 Å². The van der Waals surface area contributed by atoms with Crippen LogP contribution in [0.4, 0.5) is 4.79 Å². The Hall–Kier alpha value is -1.88. The molecule has 0 fully saturated rings. The van der Waals surface area contributed by atoms with Crippen LogP contribution in [-0.4, -0.2) is 23.0 Å². The number of hydrogen-bond donors (Lipinski definition) is 1. The SMILES string of the molecule is CN(Cc1ccccc1)C(=O)NCc1nc(C(C)(C)C)cs1. The number of nitrogens with one attached hydrogen (secondary N) is 1. The third kappa shape index (κ3) is 4.56. The first-order chi connectivity index (χ1) is 10.4. The van der Waals surface area contributed by atoms with Gasteiger partial charge >= 0.3 is 6.03 Å². The van der Waals surface area contributed by atoms with E-state index in [4.69, 9.17) is 0 Å². The molecule has 0 saturated carbocycles. The topological polar surface area (TPSA) is 45.2 Å². The van der Waals surface area contributed by atoms with E-state index in [2.05, 4.69) is 36.5 Å². The lowest BCUT2D eigenvalue weighted by Crippen LogP contribution is -2.36. The van der Waals surface area contributed by atoms with E-state index in [1.54, 1.807) is 23.3 Å². The van der Waals surface area contributed by atoms with E-state index in [9.17, 15) is 4.79 Å². The second-order valence-corrected chi connectivity index (χ2v) is 7.32. The summed E-state index contributed by atoms with van der Waals surface area (Å²) >= 11 is 1.59. The summed E-state index contributed by atoms with van der Waals surface area (Å²) in [6.45, 7) is 7.48. The highest BCUT2D eigenvalue weighted by molar-refractivity contribution is 7.09. The average molecular weight is 317 g/mol. The Morgan fingerprint density at radius 3 is 2.55 bits per heavy atom. The summed E-state index contributed by atoms with van der Waals surface area (Å²) in [7, 11) is 1.80. The third-order valence-corrected chi connectivity index (χ3v) is 4.17. The molecular formula is C17H23N3OS. The third-order valence-electron chi connectivity index (χ3n) is 3.32. The maximum Gasteiger partial charge on any atom is 0.317 e. The lowest BCUT2D eigenvalue weighted by Gasteiger charge is -2.17. The van der Waals surface area contributed by atoms with E-state index in [1.807, 2.05) is 30.3 Å². The van der Waals surface area contributed by atoms with Crippen molar-refractivity contribution in [2.75, 3.05) is 7.05 Å². The van der Waals surface area contributed by atoms with Gasteiger partial charge in [-0.2, -0.15) is 0 Å². The highest BCUT2D eigenvalue weighted by atomic mass is 32.1. The summed E-state index contributed by atoms with van der Waals surface area (Å²) in [5.41, 5.74) is 2.23. The van der Waals surface area contributed by atoms with Gasteiger partial charge in [-0.1, -0.05) is 51.1 Å². The van der Waals surface area contributed by atoms with Crippen molar-refractivity contribution in [2.24, 2.45) is 0 Å². The van der Waals surface area contributed by atoms with E-state index < -0.39 is 0 Å². The highest BCUT2D eigenvalue weighted by Gasteiger charge is 2.17. The van der Waals surface area contributed by atoms with Crippen molar-refractivity contribution in [1.82, 2.24) is 15.2 Å². The number of amides is 2. The number of carbonyl (C=O) groups excluding carboxylic acids is 1. The number of aromatic nitrogens is 1. The van der Waals surface area contributed by atoms with Crippen LogP contribution >= 0.6 is 11.3 Å². The zero-order valence-corrected chi connectivity index (χ0v) is 14.4. The van der Waals surface area contributed by atoms with Gasteiger partial charge in [0.15, 0.2) is 0 Å². The molecule has 0 aliphatic heterocycles. The van der Waals surface area contributed by atoms with Crippen LogP contribution in [0.25, 0.3) is 0 Å². The lowest BCUT2D eigenvalue weighted by atomic mass is 9.93. The quantitative estimate of drug-likeness (QED) is 0.932. The number of carbonyl (C=O) groups is 1. The van der Waals surface area contributed by atoms with Gasteiger partial charge in [0.05, 0.1) is 12.2 Å². The normalized spacial score (nSPS) is 11.3. The number of thiazole rings is 1. The molecule has 22 heavy (non-hydrogen) atoms. The van der Waals surface area contributed by atoms with Gasteiger partial charge < -0.3 is 10.2 Å². The van der Waals surface area contributed by atoms with Crippen molar-refractivity contribution in [1.29, 1.82) is 0 Å². The summed E-state index contributed by atoms with van der Waals surface area (Å²) < 4.78 is 0. The monoisotopic (exact) mass is 317 g/mol. The van der Waals surface area contributed by atoms with E-state index in [-0.39, 0.29) is 11.4 Å². The molecule has 1 heterocycles. The first-order valence-corrected chi connectivity index (χ1v) is 8.22. The minimum absolute atomic E-state index is 0.0445. The molecule has 0 unspecified atom stereocenters. The zero-order valence-electron chi connectivity index (χ0n) is 13.6. The fourth-order valence-corrected chi connectivity index (χ4v) is 2.91. The van der Waals surface area contributed by atoms with Crippen LogP contribution in [0.15, 0.2) is 35.7 Å². The predicted octanol–water partition coefficient (Wildman–Crippen LogP) is 3.78. The molecule has 2 rings (SSSR count). The maximum absolute atomic E-state index is 12.1.